The Morgan fingerprint density at radius 3 is 2.42 bits per heavy atom. The van der Waals surface area contributed by atoms with Crippen molar-refractivity contribution in [1.29, 1.82) is 0 Å². The summed E-state index contributed by atoms with van der Waals surface area (Å²) in [7, 11) is 0. The summed E-state index contributed by atoms with van der Waals surface area (Å²) >= 11 is 0. The molecule has 1 saturated heterocycles. The van der Waals surface area contributed by atoms with Crippen molar-refractivity contribution < 1.29 is 19.5 Å². The number of nitrogens with zero attached hydrogens (tertiary/aromatic N) is 4. The van der Waals surface area contributed by atoms with Gasteiger partial charge in [-0.3, -0.25) is 4.79 Å². The van der Waals surface area contributed by atoms with E-state index >= 15 is 0 Å². The van der Waals surface area contributed by atoms with E-state index in [2.05, 4.69) is 32.4 Å². The number of aromatic amines is 1. The van der Waals surface area contributed by atoms with Gasteiger partial charge >= 0.3 is 12.0 Å². The third kappa shape index (κ3) is 5.28. The molecular weight excluding hydrogens is 568 g/mol. The number of carbonyl (C=O) groups is 3. The first-order valence-electron chi connectivity index (χ1n) is 15.1. The number of aromatic nitrogens is 3. The molecule has 3 aromatic carbocycles. The number of carbonyl (C=O) groups excluding carboxylic acids is 2. The molecule has 5 aromatic rings. The second-order valence-electron chi connectivity index (χ2n) is 11.6. The molecule has 10 heteroatoms. The van der Waals surface area contributed by atoms with Crippen LogP contribution in [0.4, 0.5) is 10.5 Å². The minimum absolute atomic E-state index is 0.149. The molecule has 1 fully saturated rings. The second kappa shape index (κ2) is 11.5. The van der Waals surface area contributed by atoms with E-state index in [0.717, 1.165) is 52.0 Å². The highest BCUT2D eigenvalue weighted by atomic mass is 16.4. The Bertz CT molecular complexity index is 1920. The number of carboxylic acid groups (broad SMARTS) is 1. The first kappa shape index (κ1) is 28.3. The number of benzene rings is 3. The largest absolute Gasteiger partial charge is 0.480 e. The number of rotatable bonds is 5. The third-order valence-corrected chi connectivity index (χ3v) is 8.88. The molecule has 1 unspecified atom stereocenters. The average Bonchev–Trinajstić information content (AvgIpc) is 3.71. The van der Waals surface area contributed by atoms with E-state index in [1.807, 2.05) is 55.5 Å². The van der Waals surface area contributed by atoms with Crippen molar-refractivity contribution in [3.8, 4) is 22.5 Å². The molecule has 1 atom stereocenters. The van der Waals surface area contributed by atoms with Crippen molar-refractivity contribution in [1.82, 2.24) is 24.8 Å². The Morgan fingerprint density at radius 2 is 1.69 bits per heavy atom. The van der Waals surface area contributed by atoms with E-state index in [4.69, 9.17) is 0 Å². The Morgan fingerprint density at radius 1 is 0.933 bits per heavy atom. The molecule has 226 valence electrons. The monoisotopic (exact) mass is 600 g/mol. The quantitative estimate of drug-likeness (QED) is 0.219. The van der Waals surface area contributed by atoms with Gasteiger partial charge in [-0.2, -0.15) is 0 Å². The zero-order chi connectivity index (χ0) is 31.1. The summed E-state index contributed by atoms with van der Waals surface area (Å²) in [5, 5.41) is 13.5. The molecule has 2 aliphatic rings. The normalized spacial score (nSPS) is 16.1. The molecule has 2 aliphatic heterocycles. The minimum atomic E-state index is -0.963. The van der Waals surface area contributed by atoms with Gasteiger partial charge in [-0.1, -0.05) is 48.5 Å². The molecule has 3 N–H and O–H groups in total. The molecule has 10 nitrogen and oxygen atoms in total. The van der Waals surface area contributed by atoms with E-state index in [0.29, 0.717) is 37.3 Å². The number of aliphatic carboxylic acids is 1. The van der Waals surface area contributed by atoms with Crippen LogP contribution in [0.3, 0.4) is 0 Å². The molecule has 0 radical (unpaired) electrons. The highest BCUT2D eigenvalue weighted by Crippen LogP contribution is 2.34. The van der Waals surface area contributed by atoms with E-state index < -0.39 is 12.0 Å². The zero-order valence-electron chi connectivity index (χ0n) is 24.8. The van der Waals surface area contributed by atoms with Crippen LogP contribution in [-0.2, 0) is 17.9 Å². The Kier molecular flexibility index (Phi) is 7.25. The topological polar surface area (TPSA) is 132 Å². The van der Waals surface area contributed by atoms with Gasteiger partial charge in [0.1, 0.15) is 18.0 Å². The lowest BCUT2D eigenvalue weighted by atomic mass is 10.00. The Balaban J connectivity index is 1.13. The summed E-state index contributed by atoms with van der Waals surface area (Å²) in [5.41, 5.74) is 8.34. The van der Waals surface area contributed by atoms with Gasteiger partial charge in [0.2, 0.25) is 0 Å². The number of fused-ring (bicyclic) bond motifs is 2. The lowest BCUT2D eigenvalue weighted by Gasteiger charge is -2.33. The van der Waals surface area contributed by atoms with Crippen molar-refractivity contribution in [2.45, 2.75) is 45.3 Å². The molecule has 3 amide bonds. The van der Waals surface area contributed by atoms with Gasteiger partial charge in [0.25, 0.3) is 5.91 Å². The van der Waals surface area contributed by atoms with E-state index in [-0.39, 0.29) is 11.9 Å². The maximum absolute atomic E-state index is 13.2. The predicted molar refractivity (Wildman–Crippen MR) is 171 cm³/mol. The Hall–Kier alpha value is -5.51. The van der Waals surface area contributed by atoms with Gasteiger partial charge in [0.05, 0.1) is 5.69 Å². The summed E-state index contributed by atoms with van der Waals surface area (Å²) in [5.74, 6) is -1.23. The van der Waals surface area contributed by atoms with Crippen LogP contribution in [0, 0.1) is 6.92 Å². The van der Waals surface area contributed by atoms with Crippen molar-refractivity contribution in [3.05, 3.63) is 101 Å². The van der Waals surface area contributed by atoms with Crippen LogP contribution in [0.5, 0.6) is 0 Å². The fraction of sp³-hybridized carbons (Fsp3) is 0.229. The summed E-state index contributed by atoms with van der Waals surface area (Å²) < 4.78 is 0. The molecular formula is C35H32N6O4. The maximum Gasteiger partial charge on any atom is 0.326 e. The molecule has 0 aliphatic carbocycles. The number of hydrogen-bond donors (Lipinski definition) is 3. The highest BCUT2D eigenvalue weighted by Gasteiger charge is 2.32. The number of amides is 3. The minimum Gasteiger partial charge on any atom is -0.480 e. The highest BCUT2D eigenvalue weighted by molar-refractivity contribution is 5.99. The Labute approximate surface area is 259 Å². The van der Waals surface area contributed by atoms with Crippen LogP contribution < -0.4 is 5.32 Å². The SMILES string of the molecule is Cc1c(NC(=O)N2Cc3ccccc3C2)cccc1-c1ncnc2[nH]c(-c3ccc(C(=O)N4CCCCC4C(=O)O)cc3)cc12. The van der Waals surface area contributed by atoms with Crippen molar-refractivity contribution in [2.24, 2.45) is 0 Å². The fourth-order valence-electron chi connectivity index (χ4n) is 6.40. The number of carboxylic acids is 1. The number of anilines is 1. The van der Waals surface area contributed by atoms with Crippen LogP contribution in [0.2, 0.25) is 0 Å². The lowest BCUT2D eigenvalue weighted by molar-refractivity contribution is -0.143. The molecule has 7 rings (SSSR count). The first-order chi connectivity index (χ1) is 21.9. The van der Waals surface area contributed by atoms with Crippen LogP contribution in [-0.4, -0.2) is 60.4 Å². The standard InChI is InChI=1S/C35H32N6O4/c1-21-26(9-6-10-28(21)39-35(45)40-18-24-7-2-3-8-25(24)19-40)31-27-17-29(38-32(27)37-20-36-31)22-12-14-23(15-13-22)33(42)41-16-5-4-11-30(41)34(43)44/h2-3,6-10,12-15,17,20,30H,4-5,11,16,18-19H2,1H3,(H,39,45)(H,43,44)(H,36,37,38). The van der Waals surface area contributed by atoms with Gasteiger partial charge in [-0.25, -0.2) is 19.6 Å². The van der Waals surface area contributed by atoms with Crippen LogP contribution in [0.25, 0.3) is 33.5 Å². The average molecular weight is 601 g/mol. The molecule has 0 bridgehead atoms. The first-order valence-corrected chi connectivity index (χ1v) is 15.1. The number of nitrogens with one attached hydrogen (secondary N) is 2. The number of likely N-dealkylation sites (tertiary alicyclic amines) is 1. The maximum atomic E-state index is 13.2. The molecule has 2 aromatic heterocycles. The van der Waals surface area contributed by atoms with Crippen molar-refractivity contribution in [3.63, 3.8) is 0 Å². The van der Waals surface area contributed by atoms with Gasteiger partial charge in [0, 0.05) is 47.5 Å². The van der Waals surface area contributed by atoms with Crippen LogP contribution >= 0.6 is 0 Å². The number of H-pyrrole nitrogens is 1. The van der Waals surface area contributed by atoms with Gasteiger partial charge < -0.3 is 25.2 Å². The van der Waals surface area contributed by atoms with Gasteiger partial charge in [0.15, 0.2) is 0 Å². The second-order valence-corrected chi connectivity index (χ2v) is 11.6. The van der Waals surface area contributed by atoms with E-state index in [9.17, 15) is 19.5 Å². The molecule has 4 heterocycles. The summed E-state index contributed by atoms with van der Waals surface area (Å²) in [6, 6.07) is 22.1. The number of piperidine rings is 1. The summed E-state index contributed by atoms with van der Waals surface area (Å²) in [4.78, 5) is 53.8. The predicted octanol–water partition coefficient (Wildman–Crippen LogP) is 6.23. The van der Waals surface area contributed by atoms with Crippen molar-refractivity contribution in [2.75, 3.05) is 11.9 Å². The summed E-state index contributed by atoms with van der Waals surface area (Å²) in [6.45, 7) is 3.57. The lowest BCUT2D eigenvalue weighted by Crippen LogP contribution is -2.47. The number of hydrogen-bond acceptors (Lipinski definition) is 5. The smallest absolute Gasteiger partial charge is 0.326 e. The van der Waals surface area contributed by atoms with E-state index in [1.165, 1.54) is 22.4 Å². The molecule has 0 spiro atoms. The number of urea groups is 1. The van der Waals surface area contributed by atoms with Gasteiger partial charge in [-0.05, 0) is 72.7 Å². The van der Waals surface area contributed by atoms with Gasteiger partial charge in [-0.15, -0.1) is 0 Å². The molecule has 0 saturated carbocycles. The fourth-order valence-corrected chi connectivity index (χ4v) is 6.40. The van der Waals surface area contributed by atoms with Crippen LogP contribution in [0.1, 0.15) is 46.3 Å². The van der Waals surface area contributed by atoms with E-state index in [1.54, 1.807) is 17.0 Å². The zero-order valence-corrected chi connectivity index (χ0v) is 24.8. The third-order valence-electron chi connectivity index (χ3n) is 8.88. The summed E-state index contributed by atoms with van der Waals surface area (Å²) in [6.07, 6.45) is 3.59. The van der Waals surface area contributed by atoms with Crippen LogP contribution in [0.15, 0.2) is 79.1 Å². The van der Waals surface area contributed by atoms with Crippen molar-refractivity contribution >= 4 is 34.6 Å². The molecule has 45 heavy (non-hydrogen) atoms.